The molecule has 0 unspecified atom stereocenters. The van der Waals surface area contributed by atoms with Crippen molar-refractivity contribution in [2.75, 3.05) is 20.3 Å². The zero-order valence-corrected chi connectivity index (χ0v) is 11.8. The molecule has 1 aromatic rings. The van der Waals surface area contributed by atoms with Gasteiger partial charge >= 0.3 is 0 Å². The van der Waals surface area contributed by atoms with Crippen LogP contribution in [-0.2, 0) is 9.53 Å². The standard InChI is InChI=1S/C13H12ClNO3S/c1-18-7-6-15-12(16)11(19-13(15)17)8-9-2-4-10(14)5-3-9/h2-5,8H,6-7H2,1H3/b11-8+. The van der Waals surface area contributed by atoms with E-state index in [1.807, 2.05) is 0 Å². The lowest BCUT2D eigenvalue weighted by molar-refractivity contribution is -0.123. The summed E-state index contributed by atoms with van der Waals surface area (Å²) < 4.78 is 4.88. The number of amides is 2. The fourth-order valence-electron chi connectivity index (χ4n) is 1.59. The zero-order chi connectivity index (χ0) is 13.8. The highest BCUT2D eigenvalue weighted by Crippen LogP contribution is 2.32. The van der Waals surface area contributed by atoms with Crippen molar-refractivity contribution in [3.8, 4) is 0 Å². The van der Waals surface area contributed by atoms with E-state index in [1.54, 1.807) is 30.3 Å². The highest BCUT2D eigenvalue weighted by molar-refractivity contribution is 8.18. The monoisotopic (exact) mass is 297 g/mol. The van der Waals surface area contributed by atoms with E-state index in [-0.39, 0.29) is 17.7 Å². The maximum absolute atomic E-state index is 12.0. The van der Waals surface area contributed by atoms with Crippen molar-refractivity contribution in [3.63, 3.8) is 0 Å². The molecule has 1 aromatic carbocycles. The number of nitrogens with zero attached hydrogens (tertiary/aromatic N) is 1. The molecule has 0 bridgehead atoms. The summed E-state index contributed by atoms with van der Waals surface area (Å²) in [6, 6.07) is 7.07. The molecule has 0 radical (unpaired) electrons. The zero-order valence-electron chi connectivity index (χ0n) is 10.3. The second-order valence-electron chi connectivity index (χ2n) is 3.88. The Morgan fingerprint density at radius 1 is 1.32 bits per heavy atom. The van der Waals surface area contributed by atoms with Gasteiger partial charge in [0, 0.05) is 12.1 Å². The van der Waals surface area contributed by atoms with Crippen LogP contribution in [-0.4, -0.2) is 36.3 Å². The third-order valence-corrected chi connectivity index (χ3v) is 3.72. The lowest BCUT2D eigenvalue weighted by Crippen LogP contribution is -2.31. The van der Waals surface area contributed by atoms with Gasteiger partial charge in [-0.05, 0) is 35.5 Å². The smallest absolute Gasteiger partial charge is 0.293 e. The molecule has 1 aliphatic rings. The molecule has 0 aliphatic carbocycles. The fraction of sp³-hybridized carbons (Fsp3) is 0.231. The van der Waals surface area contributed by atoms with E-state index < -0.39 is 0 Å². The summed E-state index contributed by atoms with van der Waals surface area (Å²) in [5, 5.41) is 0.368. The van der Waals surface area contributed by atoms with E-state index in [2.05, 4.69) is 0 Å². The van der Waals surface area contributed by atoms with E-state index in [0.29, 0.717) is 16.5 Å². The van der Waals surface area contributed by atoms with Crippen LogP contribution in [0.25, 0.3) is 6.08 Å². The highest BCUT2D eigenvalue weighted by atomic mass is 35.5. The Kier molecular flexibility index (Phi) is 4.63. The van der Waals surface area contributed by atoms with Crippen LogP contribution in [0, 0.1) is 0 Å². The highest BCUT2D eigenvalue weighted by Gasteiger charge is 2.34. The van der Waals surface area contributed by atoms with E-state index >= 15 is 0 Å². The third-order valence-electron chi connectivity index (χ3n) is 2.56. The molecular weight excluding hydrogens is 286 g/mol. The Morgan fingerprint density at radius 3 is 2.63 bits per heavy atom. The van der Waals surface area contributed by atoms with Crippen LogP contribution in [0.15, 0.2) is 29.2 Å². The number of thioether (sulfide) groups is 1. The molecule has 0 N–H and O–H groups in total. The molecule has 0 saturated carbocycles. The van der Waals surface area contributed by atoms with Crippen LogP contribution in [0.5, 0.6) is 0 Å². The minimum absolute atomic E-state index is 0.262. The van der Waals surface area contributed by atoms with Gasteiger partial charge in [-0.3, -0.25) is 14.5 Å². The van der Waals surface area contributed by atoms with Crippen molar-refractivity contribution in [3.05, 3.63) is 39.8 Å². The minimum atomic E-state index is -0.276. The Hall–Kier alpha value is -1.30. The van der Waals surface area contributed by atoms with Gasteiger partial charge in [-0.25, -0.2) is 0 Å². The predicted octanol–water partition coefficient (Wildman–Crippen LogP) is 3.02. The van der Waals surface area contributed by atoms with Gasteiger partial charge in [-0.1, -0.05) is 23.7 Å². The molecule has 1 aliphatic heterocycles. The Balaban J connectivity index is 2.16. The first kappa shape index (κ1) is 14.1. The number of hydrogen-bond donors (Lipinski definition) is 0. The second-order valence-corrected chi connectivity index (χ2v) is 5.31. The summed E-state index contributed by atoms with van der Waals surface area (Å²) >= 11 is 6.73. The van der Waals surface area contributed by atoms with Crippen molar-refractivity contribution in [2.24, 2.45) is 0 Å². The van der Waals surface area contributed by atoms with Gasteiger partial charge in [0.15, 0.2) is 0 Å². The lowest BCUT2D eigenvalue weighted by Gasteiger charge is -2.10. The Morgan fingerprint density at radius 2 is 2.00 bits per heavy atom. The summed E-state index contributed by atoms with van der Waals surface area (Å²) in [6.07, 6.45) is 1.69. The molecule has 1 fully saturated rings. The molecule has 100 valence electrons. The quantitative estimate of drug-likeness (QED) is 0.802. The van der Waals surface area contributed by atoms with Crippen molar-refractivity contribution in [1.29, 1.82) is 0 Å². The van der Waals surface area contributed by atoms with Gasteiger partial charge in [0.2, 0.25) is 0 Å². The fourth-order valence-corrected chi connectivity index (χ4v) is 2.58. The number of ether oxygens (including phenoxy) is 1. The SMILES string of the molecule is COCCN1C(=O)S/C(=C/c2ccc(Cl)cc2)C1=O. The van der Waals surface area contributed by atoms with Crippen LogP contribution in [0.4, 0.5) is 4.79 Å². The second kappa shape index (κ2) is 6.23. The summed E-state index contributed by atoms with van der Waals surface area (Å²) in [7, 11) is 1.53. The number of methoxy groups -OCH3 is 1. The van der Waals surface area contributed by atoms with Gasteiger partial charge in [0.05, 0.1) is 18.1 Å². The largest absolute Gasteiger partial charge is 0.383 e. The number of halogens is 1. The van der Waals surface area contributed by atoms with Gasteiger partial charge in [0.25, 0.3) is 11.1 Å². The molecule has 1 saturated heterocycles. The predicted molar refractivity (Wildman–Crippen MR) is 76.0 cm³/mol. The molecular formula is C13H12ClNO3S. The number of benzene rings is 1. The molecule has 4 nitrogen and oxygen atoms in total. The number of hydrogen-bond acceptors (Lipinski definition) is 4. The van der Waals surface area contributed by atoms with Gasteiger partial charge < -0.3 is 4.74 Å². The normalized spacial score (nSPS) is 17.6. The maximum atomic E-state index is 12.0. The van der Waals surface area contributed by atoms with Crippen molar-refractivity contribution >= 4 is 40.6 Å². The topological polar surface area (TPSA) is 46.6 Å². The van der Waals surface area contributed by atoms with Crippen LogP contribution in [0.1, 0.15) is 5.56 Å². The number of carbonyl (C=O) groups excluding carboxylic acids is 2. The van der Waals surface area contributed by atoms with Gasteiger partial charge in [0.1, 0.15) is 0 Å². The molecule has 6 heteroatoms. The number of rotatable bonds is 4. The maximum Gasteiger partial charge on any atom is 0.293 e. The van der Waals surface area contributed by atoms with Crippen molar-refractivity contribution < 1.29 is 14.3 Å². The molecule has 0 spiro atoms. The molecule has 0 aromatic heterocycles. The Labute approximate surface area is 120 Å². The van der Waals surface area contributed by atoms with Gasteiger partial charge in [-0.2, -0.15) is 0 Å². The first-order valence-electron chi connectivity index (χ1n) is 5.61. The van der Waals surface area contributed by atoms with E-state index in [9.17, 15) is 9.59 Å². The summed E-state index contributed by atoms with van der Waals surface area (Å²) in [5.74, 6) is -0.276. The number of carbonyl (C=O) groups is 2. The van der Waals surface area contributed by atoms with Crippen LogP contribution in [0.2, 0.25) is 5.02 Å². The minimum Gasteiger partial charge on any atom is -0.383 e. The number of imide groups is 1. The summed E-state index contributed by atoms with van der Waals surface area (Å²) in [4.78, 5) is 25.3. The molecule has 0 atom stereocenters. The van der Waals surface area contributed by atoms with Crippen LogP contribution >= 0.6 is 23.4 Å². The average molecular weight is 298 g/mol. The van der Waals surface area contributed by atoms with Crippen molar-refractivity contribution in [1.82, 2.24) is 4.90 Å². The Bertz CT molecular complexity index is 527. The molecule has 19 heavy (non-hydrogen) atoms. The van der Waals surface area contributed by atoms with E-state index in [1.165, 1.54) is 12.0 Å². The summed E-state index contributed by atoms with van der Waals surface area (Å²) in [5.41, 5.74) is 0.835. The molecule has 1 heterocycles. The van der Waals surface area contributed by atoms with Crippen LogP contribution < -0.4 is 0 Å². The molecule has 2 amide bonds. The summed E-state index contributed by atoms with van der Waals surface area (Å²) in [6.45, 7) is 0.616. The van der Waals surface area contributed by atoms with E-state index in [0.717, 1.165) is 17.3 Å². The lowest BCUT2D eigenvalue weighted by atomic mass is 10.2. The van der Waals surface area contributed by atoms with Crippen molar-refractivity contribution in [2.45, 2.75) is 0 Å². The van der Waals surface area contributed by atoms with Crippen LogP contribution in [0.3, 0.4) is 0 Å². The average Bonchev–Trinajstić information content (AvgIpc) is 2.65. The first-order valence-corrected chi connectivity index (χ1v) is 6.81. The van der Waals surface area contributed by atoms with E-state index in [4.69, 9.17) is 16.3 Å². The first-order chi connectivity index (χ1) is 9.11. The third kappa shape index (κ3) is 3.37. The van der Waals surface area contributed by atoms with Gasteiger partial charge in [-0.15, -0.1) is 0 Å². The molecule has 2 rings (SSSR count).